The third kappa shape index (κ3) is 3.71. The Morgan fingerprint density at radius 3 is 2.32 bits per heavy atom. The molecule has 3 aromatic heterocycles. The van der Waals surface area contributed by atoms with E-state index < -0.39 is 0 Å². The second kappa shape index (κ2) is 7.52. The minimum Gasteiger partial charge on any atom is -0.373 e. The predicted octanol–water partition coefficient (Wildman–Crippen LogP) is 4.76. The number of nitrogens with one attached hydrogen (secondary N) is 1. The van der Waals surface area contributed by atoms with Gasteiger partial charge in [-0.1, -0.05) is 18.2 Å². The van der Waals surface area contributed by atoms with Gasteiger partial charge in [0.25, 0.3) is 0 Å². The number of pyridine rings is 2. The summed E-state index contributed by atoms with van der Waals surface area (Å²) in [7, 11) is 1.81. The topological polar surface area (TPSA) is 63.6 Å². The van der Waals surface area contributed by atoms with E-state index >= 15 is 0 Å². The van der Waals surface area contributed by atoms with Crippen LogP contribution in [-0.2, 0) is 0 Å². The number of aryl methyl sites for hydroxylation is 1. The van der Waals surface area contributed by atoms with Crippen LogP contribution in [0.25, 0.3) is 33.9 Å². The first-order chi connectivity index (χ1) is 13.6. The first kappa shape index (κ1) is 17.7. The molecule has 0 spiro atoms. The maximum absolute atomic E-state index is 13.2. The zero-order valence-electron chi connectivity index (χ0n) is 15.5. The summed E-state index contributed by atoms with van der Waals surface area (Å²) in [5.41, 5.74) is 4.96. The summed E-state index contributed by atoms with van der Waals surface area (Å²) in [5, 5.41) is 3.07. The largest absolute Gasteiger partial charge is 0.373 e. The number of benzene rings is 1. The second-order valence-corrected chi connectivity index (χ2v) is 6.35. The molecule has 6 heteroatoms. The summed E-state index contributed by atoms with van der Waals surface area (Å²) in [5.74, 6) is 0.964. The highest BCUT2D eigenvalue weighted by molar-refractivity contribution is 5.72. The monoisotopic (exact) mass is 371 g/mol. The lowest BCUT2D eigenvalue weighted by Gasteiger charge is -2.09. The van der Waals surface area contributed by atoms with Crippen molar-refractivity contribution in [2.24, 2.45) is 0 Å². The standard InChI is InChI=1S/C22H18FN5/c1-14-4-3-5-19(26-14)22-27-20(11-21(24-2)28-22)17-10-16(12-25-13-17)15-6-8-18(23)9-7-15/h3-13H,1-2H3,(H,24,27,28). The molecule has 0 saturated carbocycles. The van der Waals surface area contributed by atoms with Crippen molar-refractivity contribution >= 4 is 5.82 Å². The Bertz CT molecular complexity index is 1130. The molecular weight excluding hydrogens is 353 g/mol. The van der Waals surface area contributed by atoms with Crippen LogP contribution in [0.5, 0.6) is 0 Å². The van der Waals surface area contributed by atoms with Crippen molar-refractivity contribution < 1.29 is 4.39 Å². The molecule has 0 radical (unpaired) electrons. The maximum Gasteiger partial charge on any atom is 0.180 e. The molecule has 0 aliphatic carbocycles. The fourth-order valence-corrected chi connectivity index (χ4v) is 2.89. The summed E-state index contributed by atoms with van der Waals surface area (Å²) in [6, 6.07) is 15.9. The van der Waals surface area contributed by atoms with Gasteiger partial charge in [0.2, 0.25) is 0 Å². The molecule has 3 heterocycles. The van der Waals surface area contributed by atoms with E-state index in [4.69, 9.17) is 4.98 Å². The molecule has 4 rings (SSSR count). The zero-order chi connectivity index (χ0) is 19.5. The minimum absolute atomic E-state index is 0.266. The second-order valence-electron chi connectivity index (χ2n) is 6.35. The van der Waals surface area contributed by atoms with E-state index in [2.05, 4.69) is 20.3 Å². The molecule has 0 bridgehead atoms. The molecule has 0 saturated heterocycles. The van der Waals surface area contributed by atoms with Crippen molar-refractivity contribution in [2.75, 3.05) is 12.4 Å². The fraction of sp³-hybridized carbons (Fsp3) is 0.0909. The quantitative estimate of drug-likeness (QED) is 0.560. The Hall–Kier alpha value is -3.67. The first-order valence-corrected chi connectivity index (χ1v) is 8.84. The molecule has 0 unspecified atom stereocenters. The van der Waals surface area contributed by atoms with Gasteiger partial charge >= 0.3 is 0 Å². The normalized spacial score (nSPS) is 10.7. The van der Waals surface area contributed by atoms with Gasteiger partial charge in [-0.3, -0.25) is 4.98 Å². The predicted molar refractivity (Wildman–Crippen MR) is 108 cm³/mol. The molecule has 4 aromatic rings. The van der Waals surface area contributed by atoms with Gasteiger partial charge < -0.3 is 5.32 Å². The third-order valence-corrected chi connectivity index (χ3v) is 4.31. The Morgan fingerprint density at radius 1 is 0.786 bits per heavy atom. The molecular formula is C22H18FN5. The van der Waals surface area contributed by atoms with Gasteiger partial charge in [-0.25, -0.2) is 19.3 Å². The van der Waals surface area contributed by atoms with E-state index in [9.17, 15) is 4.39 Å². The van der Waals surface area contributed by atoms with Crippen molar-refractivity contribution in [2.45, 2.75) is 6.92 Å². The van der Waals surface area contributed by atoms with Crippen molar-refractivity contribution in [3.8, 4) is 33.9 Å². The molecule has 1 N–H and O–H groups in total. The van der Waals surface area contributed by atoms with Crippen molar-refractivity contribution in [3.63, 3.8) is 0 Å². The Labute approximate surface area is 162 Å². The van der Waals surface area contributed by atoms with E-state index in [0.717, 1.165) is 28.1 Å². The third-order valence-electron chi connectivity index (χ3n) is 4.31. The lowest BCUT2D eigenvalue weighted by Crippen LogP contribution is -2.00. The van der Waals surface area contributed by atoms with Crippen LogP contribution < -0.4 is 5.32 Å². The van der Waals surface area contributed by atoms with E-state index in [1.807, 2.05) is 44.3 Å². The number of nitrogens with zero attached hydrogens (tertiary/aromatic N) is 4. The zero-order valence-corrected chi connectivity index (χ0v) is 15.5. The van der Waals surface area contributed by atoms with Crippen LogP contribution in [0.2, 0.25) is 0 Å². The summed E-state index contributed by atoms with van der Waals surface area (Å²) in [6.07, 6.45) is 3.50. The average molecular weight is 371 g/mol. The molecule has 28 heavy (non-hydrogen) atoms. The summed E-state index contributed by atoms with van der Waals surface area (Å²) >= 11 is 0. The van der Waals surface area contributed by atoms with Gasteiger partial charge in [0, 0.05) is 42.3 Å². The van der Waals surface area contributed by atoms with Crippen LogP contribution in [-0.4, -0.2) is 27.0 Å². The number of halogens is 1. The van der Waals surface area contributed by atoms with Gasteiger partial charge in [-0.05, 0) is 42.8 Å². The molecule has 0 atom stereocenters. The van der Waals surface area contributed by atoms with Gasteiger partial charge in [0.1, 0.15) is 17.3 Å². The Kier molecular flexibility index (Phi) is 4.76. The van der Waals surface area contributed by atoms with Crippen LogP contribution in [0, 0.1) is 12.7 Å². The van der Waals surface area contributed by atoms with E-state index in [0.29, 0.717) is 17.3 Å². The molecule has 0 aliphatic rings. The van der Waals surface area contributed by atoms with Crippen LogP contribution >= 0.6 is 0 Å². The van der Waals surface area contributed by atoms with Crippen LogP contribution in [0.1, 0.15) is 5.69 Å². The van der Waals surface area contributed by atoms with Gasteiger partial charge in [-0.2, -0.15) is 0 Å². The first-order valence-electron chi connectivity index (χ1n) is 8.84. The van der Waals surface area contributed by atoms with Crippen LogP contribution in [0.3, 0.4) is 0 Å². The molecule has 138 valence electrons. The smallest absolute Gasteiger partial charge is 0.180 e. The summed E-state index contributed by atoms with van der Waals surface area (Å²) in [6.45, 7) is 1.93. The van der Waals surface area contributed by atoms with Gasteiger partial charge in [-0.15, -0.1) is 0 Å². The highest BCUT2D eigenvalue weighted by Gasteiger charge is 2.11. The number of aromatic nitrogens is 4. The summed E-state index contributed by atoms with van der Waals surface area (Å²) < 4.78 is 13.2. The molecule has 0 amide bonds. The number of anilines is 1. The van der Waals surface area contributed by atoms with Gasteiger partial charge in [0.05, 0.1) is 5.69 Å². The number of hydrogen-bond donors (Lipinski definition) is 1. The average Bonchev–Trinajstić information content (AvgIpc) is 2.74. The number of hydrogen-bond acceptors (Lipinski definition) is 5. The minimum atomic E-state index is -0.266. The SMILES string of the molecule is CNc1cc(-c2cncc(-c3ccc(F)cc3)c2)nc(-c2cccc(C)n2)n1. The lowest BCUT2D eigenvalue weighted by atomic mass is 10.0. The highest BCUT2D eigenvalue weighted by Crippen LogP contribution is 2.27. The van der Waals surface area contributed by atoms with Crippen molar-refractivity contribution in [1.29, 1.82) is 0 Å². The Balaban J connectivity index is 1.79. The van der Waals surface area contributed by atoms with Gasteiger partial charge in [0.15, 0.2) is 5.82 Å². The molecule has 1 aromatic carbocycles. The molecule has 5 nitrogen and oxygen atoms in total. The fourth-order valence-electron chi connectivity index (χ4n) is 2.89. The number of rotatable bonds is 4. The van der Waals surface area contributed by atoms with Crippen molar-refractivity contribution in [3.05, 3.63) is 78.5 Å². The lowest BCUT2D eigenvalue weighted by molar-refractivity contribution is 0.628. The summed E-state index contributed by atoms with van der Waals surface area (Å²) in [4.78, 5) is 18.1. The Morgan fingerprint density at radius 2 is 1.57 bits per heavy atom. The van der Waals surface area contributed by atoms with Crippen LogP contribution in [0.4, 0.5) is 10.2 Å². The van der Waals surface area contributed by atoms with E-state index in [1.165, 1.54) is 12.1 Å². The van der Waals surface area contributed by atoms with Crippen LogP contribution in [0.15, 0.2) is 67.0 Å². The maximum atomic E-state index is 13.2. The van der Waals surface area contributed by atoms with E-state index in [1.54, 1.807) is 24.5 Å². The molecule has 0 fully saturated rings. The van der Waals surface area contributed by atoms with E-state index in [-0.39, 0.29) is 5.82 Å². The molecule has 0 aliphatic heterocycles. The highest BCUT2D eigenvalue weighted by atomic mass is 19.1. The van der Waals surface area contributed by atoms with Crippen molar-refractivity contribution in [1.82, 2.24) is 19.9 Å².